The van der Waals surface area contributed by atoms with Crippen molar-refractivity contribution in [3.63, 3.8) is 0 Å². The van der Waals surface area contributed by atoms with Gasteiger partial charge in [0.05, 0.1) is 17.5 Å². The summed E-state index contributed by atoms with van der Waals surface area (Å²) < 4.78 is 54.5. The Bertz CT molecular complexity index is 1370. The summed E-state index contributed by atoms with van der Waals surface area (Å²) in [4.78, 5) is 34.7. The zero-order valence-electron chi connectivity index (χ0n) is 22.0. The fraction of sp³-hybridized carbons (Fsp3) is 0.367. The molecule has 40 heavy (non-hydrogen) atoms. The highest BCUT2D eigenvalue weighted by molar-refractivity contribution is 5.98. The molecule has 2 amide bonds. The Labute approximate surface area is 230 Å². The van der Waals surface area contributed by atoms with Gasteiger partial charge in [-0.2, -0.15) is 13.2 Å². The highest BCUT2D eigenvalue weighted by Gasteiger charge is 2.41. The Kier molecular flexibility index (Phi) is 7.78. The molecule has 1 aromatic heterocycles. The molecule has 1 N–H and O–H groups in total. The number of anilines is 2. The fourth-order valence-electron chi connectivity index (χ4n) is 5.70. The van der Waals surface area contributed by atoms with Crippen LogP contribution < -0.4 is 10.2 Å². The average molecular weight is 555 g/mol. The first-order valence-electron chi connectivity index (χ1n) is 13.4. The molecule has 3 heterocycles. The lowest BCUT2D eigenvalue weighted by Crippen LogP contribution is -2.46. The molecule has 6 nitrogen and oxygen atoms in total. The van der Waals surface area contributed by atoms with Crippen LogP contribution in [0.5, 0.6) is 0 Å². The number of nitrogens with zero attached hydrogens (tertiary/aromatic N) is 3. The quantitative estimate of drug-likeness (QED) is 0.372. The van der Waals surface area contributed by atoms with Gasteiger partial charge in [-0.15, -0.1) is 0 Å². The van der Waals surface area contributed by atoms with E-state index in [1.54, 1.807) is 13.0 Å². The number of rotatable bonds is 5. The van der Waals surface area contributed by atoms with Crippen LogP contribution in [0.2, 0.25) is 0 Å². The van der Waals surface area contributed by atoms with Crippen molar-refractivity contribution < 1.29 is 27.2 Å². The van der Waals surface area contributed by atoms with Crippen molar-refractivity contribution in [3.8, 4) is 0 Å². The number of likely N-dealkylation sites (tertiary alicyclic amines) is 1. The van der Waals surface area contributed by atoms with Crippen molar-refractivity contribution in [2.45, 2.75) is 44.8 Å². The van der Waals surface area contributed by atoms with E-state index in [1.165, 1.54) is 29.2 Å². The number of carbonyl (C=O) groups is 2. The summed E-state index contributed by atoms with van der Waals surface area (Å²) in [7, 11) is 0. The van der Waals surface area contributed by atoms with E-state index in [9.17, 15) is 27.2 Å². The van der Waals surface area contributed by atoms with Crippen LogP contribution in [0, 0.1) is 18.7 Å². The van der Waals surface area contributed by atoms with Gasteiger partial charge in [-0.1, -0.05) is 30.3 Å². The molecule has 2 atom stereocenters. The van der Waals surface area contributed by atoms with Gasteiger partial charge in [0.25, 0.3) is 5.91 Å². The highest BCUT2D eigenvalue weighted by Crippen LogP contribution is 2.39. The average Bonchev–Trinajstić information content (AvgIpc) is 3.47. The molecule has 5 rings (SSSR count). The third-order valence-corrected chi connectivity index (χ3v) is 7.66. The van der Waals surface area contributed by atoms with Crippen LogP contribution in [0.3, 0.4) is 0 Å². The molecule has 3 aromatic rings. The third kappa shape index (κ3) is 5.66. The second-order valence-corrected chi connectivity index (χ2v) is 10.3. The summed E-state index contributed by atoms with van der Waals surface area (Å²) in [6.45, 7) is 3.87. The first kappa shape index (κ1) is 27.6. The second kappa shape index (κ2) is 11.3. The monoisotopic (exact) mass is 554 g/mol. The number of hydrogen-bond acceptors (Lipinski definition) is 4. The molecular formula is C30H30F4N4O2. The summed E-state index contributed by atoms with van der Waals surface area (Å²) in [6, 6.07) is 14.6. The summed E-state index contributed by atoms with van der Waals surface area (Å²) in [5.74, 6) is -2.75. The van der Waals surface area contributed by atoms with Gasteiger partial charge in [-0.3, -0.25) is 9.59 Å². The summed E-state index contributed by atoms with van der Waals surface area (Å²) in [6.07, 6.45) is -1.58. The molecule has 10 heteroatoms. The second-order valence-electron chi connectivity index (χ2n) is 10.3. The predicted octanol–water partition coefficient (Wildman–Crippen LogP) is 6.38. The van der Waals surface area contributed by atoms with Crippen molar-refractivity contribution in [1.82, 2.24) is 9.88 Å². The van der Waals surface area contributed by atoms with Crippen LogP contribution in [0.25, 0.3) is 0 Å². The van der Waals surface area contributed by atoms with Crippen molar-refractivity contribution in [2.24, 2.45) is 5.92 Å². The largest absolute Gasteiger partial charge is 0.433 e. The number of alkyl halides is 3. The molecule has 2 fully saturated rings. The van der Waals surface area contributed by atoms with Gasteiger partial charge in [0.1, 0.15) is 17.3 Å². The number of carbonyl (C=O) groups excluding carboxylic acids is 2. The van der Waals surface area contributed by atoms with Gasteiger partial charge >= 0.3 is 6.18 Å². The Morgan fingerprint density at radius 2 is 1.62 bits per heavy atom. The molecule has 0 aliphatic carbocycles. The molecule has 210 valence electrons. The van der Waals surface area contributed by atoms with Crippen LogP contribution in [0.15, 0.2) is 60.7 Å². The molecule has 0 unspecified atom stereocenters. The zero-order chi connectivity index (χ0) is 28.4. The maximum Gasteiger partial charge on any atom is 0.433 e. The molecule has 0 radical (unpaired) electrons. The highest BCUT2D eigenvalue weighted by atomic mass is 19.4. The maximum atomic E-state index is 14.9. The van der Waals surface area contributed by atoms with E-state index < -0.39 is 41.5 Å². The minimum Gasteiger partial charge on any atom is -0.372 e. The van der Waals surface area contributed by atoms with Gasteiger partial charge in [-0.05, 0) is 74.1 Å². The van der Waals surface area contributed by atoms with Crippen molar-refractivity contribution in [1.29, 1.82) is 0 Å². The SMILES string of the molecule is Cc1cccc(F)c1C(=O)N1CCC[C@H](C(=O)Nc2cccc(C(F)(F)F)n2)[C@@H]1c1ccc(N2CCCC2)cc1. The molecule has 0 bridgehead atoms. The van der Waals surface area contributed by atoms with E-state index in [2.05, 4.69) is 15.2 Å². The topological polar surface area (TPSA) is 65.5 Å². The van der Waals surface area contributed by atoms with Crippen LogP contribution >= 0.6 is 0 Å². The van der Waals surface area contributed by atoms with Gasteiger partial charge in [0.2, 0.25) is 5.91 Å². The minimum atomic E-state index is -4.66. The maximum absolute atomic E-state index is 14.9. The Hall–Kier alpha value is -3.95. The number of piperidine rings is 1. The smallest absolute Gasteiger partial charge is 0.372 e. The number of aromatic nitrogens is 1. The summed E-state index contributed by atoms with van der Waals surface area (Å²) in [5.41, 5.74) is 1.04. The van der Waals surface area contributed by atoms with E-state index >= 15 is 0 Å². The van der Waals surface area contributed by atoms with Gasteiger partial charge in [-0.25, -0.2) is 9.37 Å². The summed E-state index contributed by atoms with van der Waals surface area (Å²) in [5, 5.41) is 2.53. The Morgan fingerprint density at radius 1 is 0.925 bits per heavy atom. The van der Waals surface area contributed by atoms with Crippen LogP contribution in [0.4, 0.5) is 29.1 Å². The lowest BCUT2D eigenvalue weighted by Gasteiger charge is -2.41. The van der Waals surface area contributed by atoms with E-state index in [0.29, 0.717) is 30.5 Å². The van der Waals surface area contributed by atoms with E-state index in [-0.39, 0.29) is 11.4 Å². The number of aryl methyl sites for hydroxylation is 1. The first-order chi connectivity index (χ1) is 19.1. The number of hydrogen-bond donors (Lipinski definition) is 1. The lowest BCUT2D eigenvalue weighted by atomic mass is 9.83. The molecule has 2 aliphatic rings. The van der Waals surface area contributed by atoms with Crippen LogP contribution in [0.1, 0.15) is 58.9 Å². The third-order valence-electron chi connectivity index (χ3n) is 7.66. The molecule has 2 aliphatic heterocycles. The molecule has 2 aromatic carbocycles. The Balaban J connectivity index is 1.49. The van der Waals surface area contributed by atoms with E-state index in [4.69, 9.17) is 0 Å². The van der Waals surface area contributed by atoms with Crippen molar-refractivity contribution in [2.75, 3.05) is 29.9 Å². The summed E-state index contributed by atoms with van der Waals surface area (Å²) >= 11 is 0. The minimum absolute atomic E-state index is 0.0539. The van der Waals surface area contributed by atoms with E-state index in [0.717, 1.165) is 37.7 Å². The van der Waals surface area contributed by atoms with Crippen LogP contribution in [-0.4, -0.2) is 41.3 Å². The lowest BCUT2D eigenvalue weighted by molar-refractivity contribution is -0.141. The zero-order valence-corrected chi connectivity index (χ0v) is 22.0. The molecule has 0 spiro atoms. The predicted molar refractivity (Wildman–Crippen MR) is 143 cm³/mol. The first-order valence-corrected chi connectivity index (χ1v) is 13.4. The van der Waals surface area contributed by atoms with Gasteiger partial charge in [0.15, 0.2) is 0 Å². The number of pyridine rings is 1. The number of nitrogens with one attached hydrogen (secondary N) is 1. The van der Waals surface area contributed by atoms with Crippen molar-refractivity contribution >= 4 is 23.3 Å². The molecule has 0 saturated carbocycles. The van der Waals surface area contributed by atoms with Gasteiger partial charge < -0.3 is 15.1 Å². The fourth-order valence-corrected chi connectivity index (χ4v) is 5.70. The van der Waals surface area contributed by atoms with Crippen LogP contribution in [-0.2, 0) is 11.0 Å². The van der Waals surface area contributed by atoms with Gasteiger partial charge in [0, 0.05) is 25.3 Å². The molecular weight excluding hydrogens is 524 g/mol. The van der Waals surface area contributed by atoms with E-state index in [1.807, 2.05) is 24.3 Å². The van der Waals surface area contributed by atoms with Crippen molar-refractivity contribution in [3.05, 3.63) is 88.9 Å². The normalized spacial score (nSPS) is 19.5. The number of amides is 2. The number of benzene rings is 2. The number of halogens is 4. The molecule has 2 saturated heterocycles. The Morgan fingerprint density at radius 3 is 2.30 bits per heavy atom. The standard InChI is InChI=1S/C30H30F4N4O2/c1-19-7-4-9-23(31)26(19)29(40)38-18-6-8-22(28(39)36-25-11-5-10-24(35-25)30(32,33)34)27(38)20-12-14-21(15-13-20)37-16-2-3-17-37/h4-5,7,9-15,22,27H,2-3,6,8,16-18H2,1H3,(H,35,36,39)/t22-,27-/m0/s1.